The molecule has 1 aliphatic heterocycles. The molecule has 0 aliphatic carbocycles. The van der Waals surface area contributed by atoms with Crippen LogP contribution in [0.4, 0.5) is 5.69 Å². The van der Waals surface area contributed by atoms with Gasteiger partial charge in [-0.25, -0.2) is 0 Å². The lowest BCUT2D eigenvalue weighted by atomic mass is 10.0. The first-order valence-electron chi connectivity index (χ1n) is 8.42. The van der Waals surface area contributed by atoms with E-state index < -0.39 is 17.9 Å². The molecule has 2 aromatic rings. The van der Waals surface area contributed by atoms with E-state index in [0.29, 0.717) is 23.2 Å². The van der Waals surface area contributed by atoms with Crippen molar-refractivity contribution in [1.29, 1.82) is 0 Å². The van der Waals surface area contributed by atoms with Gasteiger partial charge in [0.15, 0.2) is 0 Å². The first-order chi connectivity index (χ1) is 12.4. The zero-order valence-electron chi connectivity index (χ0n) is 14.5. The second-order valence-electron chi connectivity index (χ2n) is 6.67. The SMILES string of the molecule is CC(C)C[C@H](C(=O)Nc1ccc(I)cc1)N1C(=O)c2ccccc2C1=O. The van der Waals surface area contributed by atoms with E-state index >= 15 is 0 Å². The highest BCUT2D eigenvalue weighted by atomic mass is 127. The maximum Gasteiger partial charge on any atom is 0.262 e. The molecule has 0 fully saturated rings. The summed E-state index contributed by atoms with van der Waals surface area (Å²) in [6, 6.07) is 13.2. The fourth-order valence-electron chi connectivity index (χ4n) is 3.03. The second kappa shape index (κ2) is 7.57. The van der Waals surface area contributed by atoms with Crippen molar-refractivity contribution in [2.45, 2.75) is 26.3 Å². The Morgan fingerprint density at radius 3 is 2.04 bits per heavy atom. The van der Waals surface area contributed by atoms with Crippen LogP contribution in [-0.4, -0.2) is 28.7 Å². The standard InChI is InChI=1S/C20H19IN2O3/c1-12(2)11-17(18(24)22-14-9-7-13(21)8-10-14)23-19(25)15-5-3-4-6-16(15)20(23)26/h3-10,12,17H,11H2,1-2H3,(H,22,24)/t17-/m1/s1. The van der Waals surface area contributed by atoms with E-state index in [4.69, 9.17) is 0 Å². The van der Waals surface area contributed by atoms with Gasteiger partial charge in [-0.15, -0.1) is 0 Å². The lowest BCUT2D eigenvalue weighted by Gasteiger charge is -2.26. The average molecular weight is 462 g/mol. The minimum absolute atomic E-state index is 0.145. The molecule has 0 saturated heterocycles. The number of hydrogen-bond donors (Lipinski definition) is 1. The van der Waals surface area contributed by atoms with Crippen molar-refractivity contribution in [3.63, 3.8) is 0 Å². The molecule has 1 heterocycles. The Morgan fingerprint density at radius 1 is 1.00 bits per heavy atom. The summed E-state index contributed by atoms with van der Waals surface area (Å²) in [7, 11) is 0. The van der Waals surface area contributed by atoms with Crippen molar-refractivity contribution in [2.75, 3.05) is 5.32 Å². The molecule has 6 heteroatoms. The molecule has 0 radical (unpaired) electrons. The van der Waals surface area contributed by atoms with Gasteiger partial charge in [0, 0.05) is 9.26 Å². The van der Waals surface area contributed by atoms with Crippen LogP contribution in [0.5, 0.6) is 0 Å². The van der Waals surface area contributed by atoms with Gasteiger partial charge in [-0.05, 0) is 71.3 Å². The van der Waals surface area contributed by atoms with E-state index in [-0.39, 0.29) is 11.8 Å². The highest BCUT2D eigenvalue weighted by molar-refractivity contribution is 14.1. The van der Waals surface area contributed by atoms with Crippen LogP contribution < -0.4 is 5.32 Å². The van der Waals surface area contributed by atoms with Gasteiger partial charge in [0.2, 0.25) is 5.91 Å². The van der Waals surface area contributed by atoms with Gasteiger partial charge in [0.25, 0.3) is 11.8 Å². The molecular formula is C20H19IN2O3. The second-order valence-corrected chi connectivity index (χ2v) is 7.91. The van der Waals surface area contributed by atoms with Crippen LogP contribution in [-0.2, 0) is 4.79 Å². The van der Waals surface area contributed by atoms with Crippen LogP contribution in [0.2, 0.25) is 0 Å². The van der Waals surface area contributed by atoms with Gasteiger partial charge in [-0.2, -0.15) is 0 Å². The number of amides is 3. The first kappa shape index (κ1) is 18.6. The van der Waals surface area contributed by atoms with Crippen molar-refractivity contribution in [2.24, 2.45) is 5.92 Å². The van der Waals surface area contributed by atoms with Crippen molar-refractivity contribution in [3.8, 4) is 0 Å². The fraction of sp³-hybridized carbons (Fsp3) is 0.250. The molecule has 0 saturated carbocycles. The van der Waals surface area contributed by atoms with Gasteiger partial charge in [-0.1, -0.05) is 26.0 Å². The summed E-state index contributed by atoms with van der Waals surface area (Å²) in [6.07, 6.45) is 0.404. The summed E-state index contributed by atoms with van der Waals surface area (Å²) in [6.45, 7) is 3.92. The first-order valence-corrected chi connectivity index (χ1v) is 9.49. The van der Waals surface area contributed by atoms with Crippen LogP contribution >= 0.6 is 22.6 Å². The van der Waals surface area contributed by atoms with E-state index in [2.05, 4.69) is 27.9 Å². The van der Waals surface area contributed by atoms with Crippen LogP contribution in [0, 0.1) is 9.49 Å². The van der Waals surface area contributed by atoms with E-state index in [0.717, 1.165) is 8.47 Å². The van der Waals surface area contributed by atoms with Crippen LogP contribution in [0.3, 0.4) is 0 Å². The highest BCUT2D eigenvalue weighted by Gasteiger charge is 2.42. The van der Waals surface area contributed by atoms with Gasteiger partial charge < -0.3 is 5.32 Å². The van der Waals surface area contributed by atoms with Gasteiger partial charge in [0.05, 0.1) is 11.1 Å². The molecule has 1 N–H and O–H groups in total. The average Bonchev–Trinajstić information content (AvgIpc) is 2.86. The zero-order valence-corrected chi connectivity index (χ0v) is 16.7. The topological polar surface area (TPSA) is 66.5 Å². The summed E-state index contributed by atoms with van der Waals surface area (Å²) in [5.74, 6) is -1.02. The number of imide groups is 1. The summed E-state index contributed by atoms with van der Waals surface area (Å²) in [5.41, 5.74) is 1.35. The molecule has 0 aromatic heterocycles. The molecule has 1 atom stereocenters. The van der Waals surface area contributed by atoms with Crippen LogP contribution in [0.15, 0.2) is 48.5 Å². The van der Waals surface area contributed by atoms with E-state index in [1.807, 2.05) is 26.0 Å². The molecule has 3 rings (SSSR count). The van der Waals surface area contributed by atoms with Crippen molar-refractivity contribution in [1.82, 2.24) is 4.90 Å². The number of nitrogens with zero attached hydrogens (tertiary/aromatic N) is 1. The molecule has 0 unspecified atom stereocenters. The summed E-state index contributed by atoms with van der Waals surface area (Å²) in [5, 5.41) is 2.83. The van der Waals surface area contributed by atoms with Gasteiger partial charge in [-0.3, -0.25) is 19.3 Å². The van der Waals surface area contributed by atoms with Crippen molar-refractivity contribution >= 4 is 46.0 Å². The minimum atomic E-state index is -0.846. The molecule has 134 valence electrons. The quantitative estimate of drug-likeness (QED) is 0.541. The number of halogens is 1. The third-order valence-electron chi connectivity index (χ3n) is 4.25. The number of hydrogen-bond acceptors (Lipinski definition) is 3. The Morgan fingerprint density at radius 2 is 1.54 bits per heavy atom. The summed E-state index contributed by atoms with van der Waals surface area (Å²) >= 11 is 2.19. The Kier molecular flexibility index (Phi) is 5.41. The minimum Gasteiger partial charge on any atom is -0.324 e. The largest absolute Gasteiger partial charge is 0.324 e. The number of anilines is 1. The molecule has 0 bridgehead atoms. The number of benzene rings is 2. The summed E-state index contributed by atoms with van der Waals surface area (Å²) in [4.78, 5) is 39.5. The van der Waals surface area contributed by atoms with Crippen LogP contribution in [0.1, 0.15) is 41.0 Å². The predicted molar refractivity (Wildman–Crippen MR) is 108 cm³/mol. The normalized spacial score (nSPS) is 14.5. The highest BCUT2D eigenvalue weighted by Crippen LogP contribution is 2.27. The van der Waals surface area contributed by atoms with E-state index in [9.17, 15) is 14.4 Å². The fourth-order valence-corrected chi connectivity index (χ4v) is 3.39. The maximum absolute atomic E-state index is 12.9. The molecule has 5 nitrogen and oxygen atoms in total. The molecule has 2 aromatic carbocycles. The monoisotopic (exact) mass is 462 g/mol. The van der Waals surface area contributed by atoms with Crippen LogP contribution in [0.25, 0.3) is 0 Å². The molecule has 0 spiro atoms. The van der Waals surface area contributed by atoms with Crippen molar-refractivity contribution < 1.29 is 14.4 Å². The molecule has 26 heavy (non-hydrogen) atoms. The smallest absolute Gasteiger partial charge is 0.262 e. The zero-order chi connectivity index (χ0) is 18.8. The third kappa shape index (κ3) is 3.65. The van der Waals surface area contributed by atoms with Gasteiger partial charge >= 0.3 is 0 Å². The van der Waals surface area contributed by atoms with E-state index in [1.165, 1.54) is 0 Å². The van der Waals surface area contributed by atoms with Gasteiger partial charge in [0.1, 0.15) is 6.04 Å². The maximum atomic E-state index is 12.9. The predicted octanol–water partition coefficient (Wildman–Crippen LogP) is 3.94. The molecule has 1 aliphatic rings. The third-order valence-corrected chi connectivity index (χ3v) is 4.97. The Balaban J connectivity index is 1.89. The Bertz CT molecular complexity index is 827. The Hall–Kier alpha value is -2.22. The number of fused-ring (bicyclic) bond motifs is 1. The number of carbonyl (C=O) groups is 3. The number of rotatable bonds is 5. The lowest BCUT2D eigenvalue weighted by molar-refractivity contribution is -0.120. The van der Waals surface area contributed by atoms with Crippen molar-refractivity contribution in [3.05, 3.63) is 63.2 Å². The molecule has 3 amide bonds. The summed E-state index contributed by atoms with van der Waals surface area (Å²) < 4.78 is 1.06. The Labute approximate surface area is 165 Å². The number of nitrogens with one attached hydrogen (secondary N) is 1. The number of carbonyl (C=O) groups excluding carboxylic acids is 3. The lowest BCUT2D eigenvalue weighted by Crippen LogP contribution is -2.47. The van der Waals surface area contributed by atoms with E-state index in [1.54, 1.807) is 36.4 Å². The molecular weight excluding hydrogens is 443 g/mol.